The molecule has 0 heterocycles. The average molecular weight is 268 g/mol. The van der Waals surface area contributed by atoms with Crippen LogP contribution in [0.15, 0.2) is 49.2 Å². The van der Waals surface area contributed by atoms with Crippen molar-refractivity contribution in [3.63, 3.8) is 0 Å². The van der Waals surface area contributed by atoms with Gasteiger partial charge in [-0.3, -0.25) is 0 Å². The van der Waals surface area contributed by atoms with Gasteiger partial charge in [-0.2, -0.15) is 0 Å². The molecule has 0 spiro atoms. The van der Waals surface area contributed by atoms with Gasteiger partial charge in [-0.1, -0.05) is 6.58 Å². The molecule has 20 heavy (non-hydrogen) atoms. The van der Waals surface area contributed by atoms with Crippen LogP contribution in [0.3, 0.4) is 0 Å². The SMILES string of the molecule is C=CN(C)c1ccc(Oc2ccc(N)cc2C)cc1C. The lowest BCUT2D eigenvalue weighted by molar-refractivity contribution is 0.478. The number of rotatable bonds is 4. The minimum Gasteiger partial charge on any atom is -0.457 e. The van der Waals surface area contributed by atoms with E-state index in [1.165, 1.54) is 0 Å². The highest BCUT2D eigenvalue weighted by atomic mass is 16.5. The van der Waals surface area contributed by atoms with Crippen LogP contribution in [-0.4, -0.2) is 7.05 Å². The molecule has 0 saturated carbocycles. The molecule has 104 valence electrons. The van der Waals surface area contributed by atoms with Crippen LogP contribution in [-0.2, 0) is 0 Å². The molecule has 0 saturated heterocycles. The first-order chi connectivity index (χ1) is 9.51. The highest BCUT2D eigenvalue weighted by Gasteiger charge is 2.06. The molecule has 3 nitrogen and oxygen atoms in total. The van der Waals surface area contributed by atoms with Crippen LogP contribution >= 0.6 is 0 Å². The van der Waals surface area contributed by atoms with Gasteiger partial charge in [0.05, 0.1) is 0 Å². The van der Waals surface area contributed by atoms with Crippen LogP contribution in [0.5, 0.6) is 11.5 Å². The molecule has 0 aliphatic heterocycles. The summed E-state index contributed by atoms with van der Waals surface area (Å²) in [7, 11) is 1.97. The van der Waals surface area contributed by atoms with Gasteiger partial charge in [-0.05, 0) is 67.6 Å². The molecule has 2 N–H and O–H groups in total. The normalized spacial score (nSPS) is 10.2. The Labute approximate surface area is 120 Å². The second-order valence-electron chi connectivity index (χ2n) is 4.87. The number of nitrogen functional groups attached to an aromatic ring is 1. The fourth-order valence-electron chi connectivity index (χ4n) is 2.10. The zero-order chi connectivity index (χ0) is 14.7. The Morgan fingerprint density at radius 3 is 2.45 bits per heavy atom. The number of hydrogen-bond donors (Lipinski definition) is 1. The van der Waals surface area contributed by atoms with Crippen LogP contribution in [0.1, 0.15) is 11.1 Å². The minimum absolute atomic E-state index is 0.744. The summed E-state index contributed by atoms with van der Waals surface area (Å²) in [6.07, 6.45) is 1.78. The summed E-state index contributed by atoms with van der Waals surface area (Å²) < 4.78 is 5.91. The number of nitrogens with zero attached hydrogens (tertiary/aromatic N) is 1. The number of aryl methyl sites for hydroxylation is 2. The van der Waals surface area contributed by atoms with E-state index in [4.69, 9.17) is 10.5 Å². The van der Waals surface area contributed by atoms with Crippen molar-refractivity contribution in [3.05, 3.63) is 60.3 Å². The number of nitrogens with two attached hydrogens (primary N) is 1. The zero-order valence-electron chi connectivity index (χ0n) is 12.2. The molecule has 0 unspecified atom stereocenters. The number of ether oxygens (including phenoxy) is 1. The van der Waals surface area contributed by atoms with E-state index in [0.717, 1.165) is 34.0 Å². The monoisotopic (exact) mass is 268 g/mol. The highest BCUT2D eigenvalue weighted by molar-refractivity contribution is 5.57. The molecule has 0 amide bonds. The third kappa shape index (κ3) is 2.94. The van der Waals surface area contributed by atoms with Crippen LogP contribution in [0.25, 0.3) is 0 Å². The first-order valence-electron chi connectivity index (χ1n) is 6.51. The maximum absolute atomic E-state index is 5.91. The summed E-state index contributed by atoms with van der Waals surface area (Å²) in [5, 5.41) is 0. The maximum Gasteiger partial charge on any atom is 0.130 e. The number of benzene rings is 2. The van der Waals surface area contributed by atoms with Crippen molar-refractivity contribution >= 4 is 11.4 Å². The van der Waals surface area contributed by atoms with Crippen LogP contribution < -0.4 is 15.4 Å². The first-order valence-corrected chi connectivity index (χ1v) is 6.51. The van der Waals surface area contributed by atoms with E-state index in [2.05, 4.69) is 13.5 Å². The highest BCUT2D eigenvalue weighted by Crippen LogP contribution is 2.30. The van der Waals surface area contributed by atoms with Crippen molar-refractivity contribution in [1.82, 2.24) is 0 Å². The maximum atomic E-state index is 5.91. The summed E-state index contributed by atoms with van der Waals surface area (Å²) in [4.78, 5) is 1.98. The Morgan fingerprint density at radius 1 is 1.10 bits per heavy atom. The molecular formula is C17H20N2O. The summed E-state index contributed by atoms with van der Waals surface area (Å²) in [6.45, 7) is 7.81. The van der Waals surface area contributed by atoms with Gasteiger partial charge < -0.3 is 15.4 Å². The minimum atomic E-state index is 0.744. The van der Waals surface area contributed by atoms with Crippen molar-refractivity contribution < 1.29 is 4.74 Å². The molecule has 0 radical (unpaired) electrons. The largest absolute Gasteiger partial charge is 0.457 e. The standard InChI is InChI=1S/C17H20N2O/c1-5-19(4)16-8-7-15(11-12(16)2)20-17-9-6-14(18)10-13(17)3/h5-11H,1,18H2,2-4H3. The lowest BCUT2D eigenvalue weighted by Gasteiger charge is -2.17. The van der Waals surface area contributed by atoms with Gasteiger partial charge in [0.2, 0.25) is 0 Å². The molecule has 0 bridgehead atoms. The third-order valence-corrected chi connectivity index (χ3v) is 3.25. The van der Waals surface area contributed by atoms with Crippen LogP contribution in [0, 0.1) is 13.8 Å². The van der Waals surface area contributed by atoms with Crippen molar-refractivity contribution in [3.8, 4) is 11.5 Å². The number of anilines is 2. The van der Waals surface area contributed by atoms with Crippen molar-refractivity contribution in [2.75, 3.05) is 17.7 Å². The lowest BCUT2D eigenvalue weighted by atomic mass is 10.1. The van der Waals surface area contributed by atoms with Crippen LogP contribution in [0.4, 0.5) is 11.4 Å². The lowest BCUT2D eigenvalue weighted by Crippen LogP contribution is -2.08. The predicted octanol–water partition coefficient (Wildman–Crippen LogP) is 4.26. The first kappa shape index (κ1) is 14.0. The number of hydrogen-bond acceptors (Lipinski definition) is 3. The van der Waals surface area contributed by atoms with E-state index >= 15 is 0 Å². The second-order valence-corrected chi connectivity index (χ2v) is 4.87. The van der Waals surface area contributed by atoms with Gasteiger partial charge in [0.25, 0.3) is 0 Å². The molecule has 2 rings (SSSR count). The summed E-state index contributed by atoms with van der Waals surface area (Å²) in [5.74, 6) is 1.64. The summed E-state index contributed by atoms with van der Waals surface area (Å²) in [6, 6.07) is 11.6. The van der Waals surface area contributed by atoms with Gasteiger partial charge in [-0.15, -0.1) is 0 Å². The Balaban J connectivity index is 2.26. The van der Waals surface area contributed by atoms with Crippen molar-refractivity contribution in [1.29, 1.82) is 0 Å². The van der Waals surface area contributed by atoms with Gasteiger partial charge in [0, 0.05) is 18.4 Å². The van der Waals surface area contributed by atoms with Crippen molar-refractivity contribution in [2.45, 2.75) is 13.8 Å². The molecule has 0 fully saturated rings. The summed E-state index contributed by atoms with van der Waals surface area (Å²) in [5.41, 5.74) is 9.76. The summed E-state index contributed by atoms with van der Waals surface area (Å²) >= 11 is 0. The van der Waals surface area contributed by atoms with Gasteiger partial charge >= 0.3 is 0 Å². The topological polar surface area (TPSA) is 38.5 Å². The van der Waals surface area contributed by atoms with E-state index in [9.17, 15) is 0 Å². The molecular weight excluding hydrogens is 248 g/mol. The fourth-order valence-corrected chi connectivity index (χ4v) is 2.10. The Hall–Kier alpha value is -2.42. The van der Waals surface area contributed by atoms with E-state index in [1.807, 2.05) is 55.3 Å². The van der Waals surface area contributed by atoms with E-state index < -0.39 is 0 Å². The molecule has 0 aliphatic rings. The van der Waals surface area contributed by atoms with Gasteiger partial charge in [-0.25, -0.2) is 0 Å². The Kier molecular flexibility index (Phi) is 3.99. The molecule has 0 aromatic heterocycles. The van der Waals surface area contributed by atoms with E-state index in [-0.39, 0.29) is 0 Å². The smallest absolute Gasteiger partial charge is 0.130 e. The average Bonchev–Trinajstić information content (AvgIpc) is 2.41. The molecule has 2 aromatic carbocycles. The van der Waals surface area contributed by atoms with Crippen molar-refractivity contribution in [2.24, 2.45) is 0 Å². The predicted molar refractivity (Wildman–Crippen MR) is 85.4 cm³/mol. The van der Waals surface area contributed by atoms with Gasteiger partial charge in [0.1, 0.15) is 11.5 Å². The zero-order valence-corrected chi connectivity index (χ0v) is 12.2. The molecule has 0 atom stereocenters. The third-order valence-electron chi connectivity index (χ3n) is 3.25. The molecule has 3 heteroatoms. The molecule has 2 aromatic rings. The van der Waals surface area contributed by atoms with E-state index in [1.54, 1.807) is 6.20 Å². The second kappa shape index (κ2) is 5.70. The Bertz CT molecular complexity index is 635. The van der Waals surface area contributed by atoms with E-state index in [0.29, 0.717) is 0 Å². The quantitative estimate of drug-likeness (QED) is 0.842. The fraction of sp³-hybridized carbons (Fsp3) is 0.176. The molecule has 0 aliphatic carbocycles. The van der Waals surface area contributed by atoms with Gasteiger partial charge in [0.15, 0.2) is 0 Å². The van der Waals surface area contributed by atoms with Crippen LogP contribution in [0.2, 0.25) is 0 Å². The Morgan fingerprint density at radius 2 is 1.85 bits per heavy atom.